The Kier molecular flexibility index (Phi) is 4.17. The summed E-state index contributed by atoms with van der Waals surface area (Å²) in [6.45, 7) is 7.59. The van der Waals surface area contributed by atoms with E-state index in [-0.39, 0.29) is 0 Å². The quantitative estimate of drug-likeness (QED) is 0.790. The minimum absolute atomic E-state index is 0.798. The third-order valence-corrected chi connectivity index (χ3v) is 5.17. The number of hydrogen-bond acceptors (Lipinski definition) is 2. The SMILES string of the molecule is Cc1cccc2c(C[NH+]3CCN(c4ccc(Cl)cc4)CC3)cnn12. The fraction of sp³-hybridized carbons (Fsp3) is 0.316. The summed E-state index contributed by atoms with van der Waals surface area (Å²) < 4.78 is 2.04. The van der Waals surface area contributed by atoms with Crippen molar-refractivity contribution in [1.29, 1.82) is 0 Å². The monoisotopic (exact) mass is 341 g/mol. The molecule has 24 heavy (non-hydrogen) atoms. The standard InChI is InChI=1S/C19H21ClN4/c1-15-3-2-4-19-16(13-21-24(15)19)14-22-9-11-23(12-10-22)18-7-5-17(20)6-8-18/h2-8,13H,9-12,14H2,1H3/p+1. The Hall–Kier alpha value is -2.04. The molecule has 5 heteroatoms. The molecule has 0 spiro atoms. The molecule has 0 bridgehead atoms. The molecule has 4 nitrogen and oxygen atoms in total. The Morgan fingerprint density at radius 1 is 1.08 bits per heavy atom. The number of pyridine rings is 1. The highest BCUT2D eigenvalue weighted by molar-refractivity contribution is 6.30. The van der Waals surface area contributed by atoms with Crippen molar-refractivity contribution in [3.05, 3.63) is 64.9 Å². The lowest BCUT2D eigenvalue weighted by atomic mass is 10.2. The van der Waals surface area contributed by atoms with Crippen LogP contribution in [0.3, 0.4) is 0 Å². The average molecular weight is 342 g/mol. The van der Waals surface area contributed by atoms with Crippen molar-refractivity contribution >= 4 is 22.8 Å². The Balaban J connectivity index is 1.42. The molecule has 3 aromatic rings. The van der Waals surface area contributed by atoms with Gasteiger partial charge in [0.25, 0.3) is 0 Å². The fourth-order valence-corrected chi connectivity index (χ4v) is 3.64. The van der Waals surface area contributed by atoms with Crippen molar-refractivity contribution in [3.63, 3.8) is 0 Å². The minimum atomic E-state index is 0.798. The molecule has 4 rings (SSSR count). The first-order valence-electron chi connectivity index (χ1n) is 8.47. The van der Waals surface area contributed by atoms with Gasteiger partial charge in [-0.05, 0) is 43.3 Å². The van der Waals surface area contributed by atoms with Gasteiger partial charge in [-0.25, -0.2) is 4.52 Å². The molecule has 1 N–H and O–H groups in total. The van der Waals surface area contributed by atoms with E-state index >= 15 is 0 Å². The first-order valence-corrected chi connectivity index (χ1v) is 8.85. The maximum atomic E-state index is 5.98. The third kappa shape index (κ3) is 2.99. The average Bonchev–Trinajstić information content (AvgIpc) is 3.01. The normalized spacial score (nSPS) is 16.0. The highest BCUT2D eigenvalue weighted by Gasteiger charge is 2.21. The van der Waals surface area contributed by atoms with Gasteiger partial charge in [-0.1, -0.05) is 17.7 Å². The van der Waals surface area contributed by atoms with Gasteiger partial charge in [0.2, 0.25) is 0 Å². The fourth-order valence-electron chi connectivity index (χ4n) is 3.51. The predicted octanol–water partition coefficient (Wildman–Crippen LogP) is 2.20. The number of fused-ring (bicyclic) bond motifs is 1. The zero-order valence-electron chi connectivity index (χ0n) is 13.9. The largest absolute Gasteiger partial charge is 0.360 e. The summed E-state index contributed by atoms with van der Waals surface area (Å²) in [6.07, 6.45) is 2.03. The van der Waals surface area contributed by atoms with Crippen molar-refractivity contribution < 1.29 is 4.90 Å². The van der Waals surface area contributed by atoms with E-state index in [1.165, 1.54) is 22.5 Å². The summed E-state index contributed by atoms with van der Waals surface area (Å²) in [6, 6.07) is 14.5. The number of anilines is 1. The van der Waals surface area contributed by atoms with E-state index in [1.54, 1.807) is 4.90 Å². The number of rotatable bonds is 3. The van der Waals surface area contributed by atoms with Crippen molar-refractivity contribution in [2.45, 2.75) is 13.5 Å². The van der Waals surface area contributed by atoms with E-state index in [0.717, 1.165) is 37.7 Å². The van der Waals surface area contributed by atoms with Crippen LogP contribution in [0.2, 0.25) is 5.02 Å². The summed E-state index contributed by atoms with van der Waals surface area (Å²) >= 11 is 5.98. The minimum Gasteiger partial charge on any atom is -0.360 e. The van der Waals surface area contributed by atoms with Crippen molar-refractivity contribution in [2.75, 3.05) is 31.1 Å². The maximum Gasteiger partial charge on any atom is 0.107 e. The maximum absolute atomic E-state index is 5.98. The lowest BCUT2D eigenvalue weighted by Crippen LogP contribution is -3.13. The van der Waals surface area contributed by atoms with Gasteiger partial charge in [0.15, 0.2) is 0 Å². The number of piperazine rings is 1. The molecule has 1 fully saturated rings. The van der Waals surface area contributed by atoms with Gasteiger partial charge in [0, 0.05) is 16.4 Å². The number of aryl methyl sites for hydroxylation is 1. The van der Waals surface area contributed by atoms with Crippen LogP contribution in [0.15, 0.2) is 48.7 Å². The topological polar surface area (TPSA) is 25.0 Å². The van der Waals surface area contributed by atoms with E-state index in [1.807, 2.05) is 22.8 Å². The van der Waals surface area contributed by atoms with E-state index in [9.17, 15) is 0 Å². The molecule has 0 atom stereocenters. The highest BCUT2D eigenvalue weighted by Crippen LogP contribution is 2.18. The van der Waals surface area contributed by atoms with Crippen molar-refractivity contribution in [2.24, 2.45) is 0 Å². The van der Waals surface area contributed by atoms with Crippen LogP contribution in [0.1, 0.15) is 11.3 Å². The van der Waals surface area contributed by atoms with Crippen LogP contribution in [-0.2, 0) is 6.54 Å². The Morgan fingerprint density at radius 2 is 1.83 bits per heavy atom. The van der Waals surface area contributed by atoms with Crippen LogP contribution in [0, 0.1) is 6.92 Å². The van der Waals surface area contributed by atoms with E-state index in [0.29, 0.717) is 0 Å². The van der Waals surface area contributed by atoms with Gasteiger partial charge in [-0.3, -0.25) is 0 Å². The second-order valence-electron chi connectivity index (χ2n) is 6.52. The summed E-state index contributed by atoms with van der Waals surface area (Å²) in [5.74, 6) is 0. The van der Waals surface area contributed by atoms with Crippen LogP contribution in [0.25, 0.3) is 5.52 Å². The summed E-state index contributed by atoms with van der Waals surface area (Å²) in [5, 5.41) is 5.33. The van der Waals surface area contributed by atoms with E-state index < -0.39 is 0 Å². The number of quaternary nitrogens is 1. The van der Waals surface area contributed by atoms with Gasteiger partial charge in [-0.15, -0.1) is 0 Å². The van der Waals surface area contributed by atoms with Crippen LogP contribution in [-0.4, -0.2) is 35.8 Å². The first kappa shape index (κ1) is 15.5. The Morgan fingerprint density at radius 3 is 2.58 bits per heavy atom. The molecule has 1 aliphatic heterocycles. The van der Waals surface area contributed by atoms with Crippen molar-refractivity contribution in [1.82, 2.24) is 9.61 Å². The smallest absolute Gasteiger partial charge is 0.107 e. The molecular weight excluding hydrogens is 320 g/mol. The van der Waals surface area contributed by atoms with Gasteiger partial charge < -0.3 is 9.80 Å². The summed E-state index contributed by atoms with van der Waals surface area (Å²) in [4.78, 5) is 4.07. The second kappa shape index (κ2) is 6.46. The number of hydrogen-bond donors (Lipinski definition) is 1. The van der Waals surface area contributed by atoms with E-state index in [4.69, 9.17) is 11.6 Å². The molecule has 1 saturated heterocycles. The number of benzene rings is 1. The van der Waals surface area contributed by atoms with Crippen molar-refractivity contribution in [3.8, 4) is 0 Å². The Bertz CT molecular complexity index is 832. The van der Waals surface area contributed by atoms with Crippen LogP contribution >= 0.6 is 11.6 Å². The molecule has 0 amide bonds. The number of nitrogens with zero attached hydrogens (tertiary/aromatic N) is 3. The van der Waals surface area contributed by atoms with Crippen LogP contribution in [0.5, 0.6) is 0 Å². The zero-order valence-corrected chi connectivity index (χ0v) is 14.6. The molecule has 0 aliphatic carbocycles. The highest BCUT2D eigenvalue weighted by atomic mass is 35.5. The van der Waals surface area contributed by atoms with E-state index in [2.05, 4.69) is 47.3 Å². The van der Waals surface area contributed by atoms with Gasteiger partial charge in [0.05, 0.1) is 43.5 Å². The molecular formula is C19H22ClN4+. The molecule has 0 radical (unpaired) electrons. The number of nitrogens with one attached hydrogen (secondary N) is 1. The first-order chi connectivity index (χ1) is 11.7. The molecule has 0 unspecified atom stereocenters. The lowest BCUT2D eigenvalue weighted by molar-refractivity contribution is -0.914. The summed E-state index contributed by atoms with van der Waals surface area (Å²) in [5.41, 5.74) is 5.03. The van der Waals surface area contributed by atoms with Gasteiger partial charge >= 0.3 is 0 Å². The van der Waals surface area contributed by atoms with Crippen LogP contribution in [0.4, 0.5) is 5.69 Å². The van der Waals surface area contributed by atoms with Gasteiger partial charge in [0.1, 0.15) is 6.54 Å². The molecule has 1 aliphatic rings. The Labute approximate surface area is 147 Å². The van der Waals surface area contributed by atoms with Gasteiger partial charge in [-0.2, -0.15) is 5.10 Å². The third-order valence-electron chi connectivity index (χ3n) is 4.91. The zero-order chi connectivity index (χ0) is 16.5. The number of halogens is 1. The molecule has 1 aromatic carbocycles. The predicted molar refractivity (Wildman–Crippen MR) is 98.0 cm³/mol. The number of aromatic nitrogens is 2. The molecule has 124 valence electrons. The molecule has 2 aromatic heterocycles. The summed E-state index contributed by atoms with van der Waals surface area (Å²) in [7, 11) is 0. The molecule has 3 heterocycles. The lowest BCUT2D eigenvalue weighted by Gasteiger charge is -2.33. The second-order valence-corrected chi connectivity index (χ2v) is 6.96. The van der Waals surface area contributed by atoms with Crippen LogP contribution < -0.4 is 9.80 Å². The molecule has 0 saturated carbocycles.